The van der Waals surface area contributed by atoms with E-state index in [4.69, 9.17) is 0 Å². The van der Waals surface area contributed by atoms with Crippen molar-refractivity contribution in [3.05, 3.63) is 28.2 Å². The Bertz CT molecular complexity index is 625. The smallest absolute Gasteiger partial charge is 0.241 e. The lowest BCUT2D eigenvalue weighted by Crippen LogP contribution is -2.42. The molecule has 7 heteroatoms. The van der Waals surface area contributed by atoms with Crippen molar-refractivity contribution in [3.63, 3.8) is 0 Å². The van der Waals surface area contributed by atoms with Gasteiger partial charge in [-0.15, -0.1) is 0 Å². The Hall–Kier alpha value is -0.920. The largest absolute Gasteiger partial charge is 0.342 e. The van der Waals surface area contributed by atoms with Crippen LogP contribution in [-0.4, -0.2) is 38.9 Å². The Kier molecular flexibility index (Phi) is 5.40. The van der Waals surface area contributed by atoms with Gasteiger partial charge in [-0.25, -0.2) is 13.1 Å². The molecule has 0 bridgehead atoms. The van der Waals surface area contributed by atoms with Crippen LogP contribution in [0.5, 0.6) is 0 Å². The molecule has 0 radical (unpaired) electrons. The predicted molar refractivity (Wildman–Crippen MR) is 84.5 cm³/mol. The number of nitrogens with zero attached hydrogens (tertiary/aromatic N) is 1. The van der Waals surface area contributed by atoms with E-state index < -0.39 is 10.0 Å². The molecule has 1 amide bonds. The molecule has 0 atom stereocenters. The zero-order valence-electron chi connectivity index (χ0n) is 11.9. The van der Waals surface area contributed by atoms with Gasteiger partial charge in [0.25, 0.3) is 0 Å². The van der Waals surface area contributed by atoms with Crippen LogP contribution in [0.1, 0.15) is 24.8 Å². The first-order valence-corrected chi connectivity index (χ1v) is 9.21. The molecule has 2 rings (SSSR count). The molecule has 1 aliphatic rings. The number of likely N-dealkylation sites (tertiary alicyclic amines) is 1. The average Bonchev–Trinajstić information content (AvgIpc) is 2.48. The van der Waals surface area contributed by atoms with Crippen LogP contribution in [0.2, 0.25) is 0 Å². The Morgan fingerprint density at radius 1 is 1.29 bits per heavy atom. The third-order valence-corrected chi connectivity index (χ3v) is 5.60. The highest BCUT2D eigenvalue weighted by Crippen LogP contribution is 2.20. The molecular formula is C14H19BrN2O3S. The zero-order valence-corrected chi connectivity index (χ0v) is 14.3. The minimum Gasteiger partial charge on any atom is -0.342 e. The Balaban J connectivity index is 2.04. The molecule has 1 heterocycles. The monoisotopic (exact) mass is 374 g/mol. The van der Waals surface area contributed by atoms with Gasteiger partial charge in [0.05, 0.1) is 11.4 Å². The molecule has 0 saturated carbocycles. The van der Waals surface area contributed by atoms with Gasteiger partial charge in [-0.3, -0.25) is 4.79 Å². The summed E-state index contributed by atoms with van der Waals surface area (Å²) in [6.07, 6.45) is 3.11. The van der Waals surface area contributed by atoms with E-state index >= 15 is 0 Å². The van der Waals surface area contributed by atoms with Crippen molar-refractivity contribution in [1.82, 2.24) is 9.62 Å². The van der Waals surface area contributed by atoms with Gasteiger partial charge in [-0.05, 0) is 43.9 Å². The van der Waals surface area contributed by atoms with Gasteiger partial charge in [0.2, 0.25) is 15.9 Å². The van der Waals surface area contributed by atoms with E-state index in [-0.39, 0.29) is 17.3 Å². The van der Waals surface area contributed by atoms with E-state index in [0.717, 1.165) is 32.4 Å². The second-order valence-electron chi connectivity index (χ2n) is 5.18. The number of hydrogen-bond donors (Lipinski definition) is 1. The lowest BCUT2D eigenvalue weighted by atomic mass is 10.1. The number of carbonyl (C=O) groups is 1. The van der Waals surface area contributed by atoms with Gasteiger partial charge in [0.1, 0.15) is 0 Å². The second-order valence-corrected chi connectivity index (χ2v) is 7.83. The van der Waals surface area contributed by atoms with Gasteiger partial charge >= 0.3 is 0 Å². The fourth-order valence-electron chi connectivity index (χ4n) is 2.35. The fraction of sp³-hybridized carbons (Fsp3) is 0.500. The Labute approximate surface area is 133 Å². The van der Waals surface area contributed by atoms with Crippen molar-refractivity contribution in [2.75, 3.05) is 19.6 Å². The summed E-state index contributed by atoms with van der Waals surface area (Å²) in [6.45, 7) is 2.98. The van der Waals surface area contributed by atoms with Gasteiger partial charge < -0.3 is 4.90 Å². The van der Waals surface area contributed by atoms with E-state index in [1.807, 2.05) is 0 Å². The Morgan fingerprint density at radius 3 is 2.62 bits per heavy atom. The number of carbonyl (C=O) groups excluding carboxylic acids is 1. The summed E-state index contributed by atoms with van der Waals surface area (Å²) in [5.74, 6) is -0.161. The summed E-state index contributed by atoms with van der Waals surface area (Å²) in [4.78, 5) is 13.9. The number of nitrogens with one attached hydrogen (secondary N) is 1. The van der Waals surface area contributed by atoms with Gasteiger partial charge in [-0.2, -0.15) is 0 Å². The number of piperidine rings is 1. The topological polar surface area (TPSA) is 66.5 Å². The van der Waals surface area contributed by atoms with Gasteiger partial charge in [-0.1, -0.05) is 22.0 Å². The molecular weight excluding hydrogens is 356 g/mol. The summed E-state index contributed by atoms with van der Waals surface area (Å²) in [7, 11) is -3.67. The van der Waals surface area contributed by atoms with Crippen LogP contribution in [0.15, 0.2) is 27.6 Å². The molecule has 21 heavy (non-hydrogen) atoms. The number of rotatable bonds is 4. The molecule has 1 aromatic carbocycles. The molecule has 0 aromatic heterocycles. The number of amides is 1. The average molecular weight is 375 g/mol. The Morgan fingerprint density at radius 2 is 1.95 bits per heavy atom. The van der Waals surface area contributed by atoms with E-state index in [0.29, 0.717) is 10.0 Å². The molecule has 5 nitrogen and oxygen atoms in total. The molecule has 0 spiro atoms. The first-order chi connectivity index (χ1) is 9.90. The van der Waals surface area contributed by atoms with E-state index in [1.54, 1.807) is 30.0 Å². The van der Waals surface area contributed by atoms with Crippen LogP contribution < -0.4 is 4.72 Å². The van der Waals surface area contributed by atoms with E-state index in [2.05, 4.69) is 20.7 Å². The van der Waals surface area contributed by atoms with Crippen molar-refractivity contribution >= 4 is 31.9 Å². The quantitative estimate of drug-likeness (QED) is 0.876. The highest BCUT2D eigenvalue weighted by atomic mass is 79.9. The van der Waals surface area contributed by atoms with Crippen molar-refractivity contribution in [2.45, 2.75) is 31.1 Å². The van der Waals surface area contributed by atoms with Crippen LogP contribution in [0.3, 0.4) is 0 Å². The second kappa shape index (κ2) is 6.89. The van der Waals surface area contributed by atoms with Crippen molar-refractivity contribution < 1.29 is 13.2 Å². The SMILES string of the molecule is Cc1ccc(Br)cc1S(=O)(=O)NCC(=O)N1CCCCC1. The summed E-state index contributed by atoms with van der Waals surface area (Å²) in [6, 6.07) is 5.06. The minimum absolute atomic E-state index is 0.161. The van der Waals surface area contributed by atoms with Crippen molar-refractivity contribution in [1.29, 1.82) is 0 Å². The molecule has 1 N–H and O–H groups in total. The molecule has 1 saturated heterocycles. The number of aryl methyl sites for hydroxylation is 1. The summed E-state index contributed by atoms with van der Waals surface area (Å²) >= 11 is 3.26. The van der Waals surface area contributed by atoms with E-state index in [9.17, 15) is 13.2 Å². The summed E-state index contributed by atoms with van der Waals surface area (Å²) in [5, 5.41) is 0. The lowest BCUT2D eigenvalue weighted by molar-refractivity contribution is -0.130. The van der Waals surface area contributed by atoms with Crippen molar-refractivity contribution in [3.8, 4) is 0 Å². The standard InChI is InChI=1S/C14H19BrN2O3S/c1-11-5-6-12(15)9-13(11)21(19,20)16-10-14(18)17-7-3-2-4-8-17/h5-6,9,16H,2-4,7-8,10H2,1H3. The maximum atomic E-state index is 12.3. The number of halogens is 1. The van der Waals surface area contributed by atoms with E-state index in [1.165, 1.54) is 0 Å². The van der Waals surface area contributed by atoms with Crippen LogP contribution in [0, 0.1) is 6.92 Å². The molecule has 0 unspecified atom stereocenters. The fourth-order valence-corrected chi connectivity index (χ4v) is 4.11. The first kappa shape index (κ1) is 16.5. The lowest BCUT2D eigenvalue weighted by Gasteiger charge is -2.26. The highest BCUT2D eigenvalue weighted by Gasteiger charge is 2.21. The number of hydrogen-bond acceptors (Lipinski definition) is 3. The molecule has 1 aromatic rings. The normalized spacial score (nSPS) is 16.0. The molecule has 1 fully saturated rings. The van der Waals surface area contributed by atoms with Crippen LogP contribution in [0.4, 0.5) is 0 Å². The van der Waals surface area contributed by atoms with Gasteiger partial charge in [0, 0.05) is 17.6 Å². The molecule has 116 valence electrons. The third kappa shape index (κ3) is 4.28. The minimum atomic E-state index is -3.67. The first-order valence-electron chi connectivity index (χ1n) is 6.94. The van der Waals surface area contributed by atoms with Crippen molar-refractivity contribution in [2.24, 2.45) is 0 Å². The number of benzene rings is 1. The maximum absolute atomic E-state index is 12.3. The predicted octanol–water partition coefficient (Wildman–Crippen LogP) is 2.05. The summed E-state index contributed by atoms with van der Waals surface area (Å²) < 4.78 is 27.7. The number of sulfonamides is 1. The third-order valence-electron chi connectivity index (χ3n) is 3.56. The highest BCUT2D eigenvalue weighted by molar-refractivity contribution is 9.10. The van der Waals surface area contributed by atoms with Gasteiger partial charge in [0.15, 0.2) is 0 Å². The van der Waals surface area contributed by atoms with Crippen LogP contribution >= 0.6 is 15.9 Å². The maximum Gasteiger partial charge on any atom is 0.241 e. The molecule has 1 aliphatic heterocycles. The summed E-state index contributed by atoms with van der Waals surface area (Å²) in [5.41, 5.74) is 0.649. The molecule has 0 aliphatic carbocycles. The zero-order chi connectivity index (χ0) is 15.5. The van der Waals surface area contributed by atoms with Crippen LogP contribution in [-0.2, 0) is 14.8 Å². The van der Waals surface area contributed by atoms with Crippen LogP contribution in [0.25, 0.3) is 0 Å².